The maximum absolute atomic E-state index is 11.4. The van der Waals surface area contributed by atoms with Gasteiger partial charge in [-0.25, -0.2) is 0 Å². The quantitative estimate of drug-likeness (QED) is 0.148. The maximum Gasteiger partial charge on any atom is 0.252 e. The summed E-state index contributed by atoms with van der Waals surface area (Å²) < 4.78 is 394. The number of anilines is 12. The normalized spacial score (nSPS) is 20.1. The highest BCUT2D eigenvalue weighted by Crippen LogP contribution is 2.55. The van der Waals surface area contributed by atoms with Crippen molar-refractivity contribution < 1.29 is 54.8 Å². The molecule has 0 amide bonds. The summed E-state index contributed by atoms with van der Waals surface area (Å²) in [5, 5.41) is -2.26. The summed E-state index contributed by atoms with van der Waals surface area (Å²) >= 11 is 0.504. The van der Waals surface area contributed by atoms with Gasteiger partial charge in [0, 0.05) is 82.1 Å². The van der Waals surface area contributed by atoms with Crippen LogP contribution in [0, 0.1) is 0 Å². The van der Waals surface area contributed by atoms with Crippen LogP contribution in [0.2, 0.25) is 0 Å². The van der Waals surface area contributed by atoms with Crippen molar-refractivity contribution in [2.75, 3.05) is 19.6 Å². The fourth-order valence-electron chi connectivity index (χ4n) is 10.6. The fourth-order valence-corrected chi connectivity index (χ4v) is 11.5. The van der Waals surface area contributed by atoms with E-state index in [9.17, 15) is 46.6 Å². The van der Waals surface area contributed by atoms with Crippen LogP contribution < -0.4 is 36.0 Å². The van der Waals surface area contributed by atoms with Gasteiger partial charge < -0.3 is 24.2 Å². The van der Waals surface area contributed by atoms with Gasteiger partial charge in [-0.3, -0.25) is 0 Å². The van der Waals surface area contributed by atoms with E-state index in [0.717, 1.165) is 9.47 Å². The minimum Gasteiger partial charge on any atom is -0.311 e. The summed E-state index contributed by atoms with van der Waals surface area (Å²) in [4.78, 5) is 2.21. The van der Waals surface area contributed by atoms with Crippen LogP contribution in [-0.4, -0.2) is 11.3 Å². The van der Waals surface area contributed by atoms with Crippen molar-refractivity contribution in [2.45, 2.75) is 52.4 Å². The first-order valence-corrected chi connectivity index (χ1v) is 25.9. The number of thiophene rings is 1. The lowest BCUT2D eigenvalue weighted by molar-refractivity contribution is 0.590. The second-order valence-electron chi connectivity index (χ2n) is 21.1. The zero-order valence-corrected chi connectivity index (χ0v) is 44.0. The van der Waals surface area contributed by atoms with E-state index >= 15 is 0 Å². The Morgan fingerprint density at radius 1 is 0.383 bits per heavy atom. The molecule has 5 heterocycles. The summed E-state index contributed by atoms with van der Waals surface area (Å²) in [6.07, 6.45) is 0. The second kappa shape index (κ2) is 17.6. The molecule has 3 aliphatic heterocycles. The van der Waals surface area contributed by atoms with Crippen molar-refractivity contribution in [3.05, 3.63) is 253 Å². The van der Waals surface area contributed by atoms with Crippen LogP contribution in [0.15, 0.2) is 242 Å². The summed E-state index contributed by atoms with van der Waals surface area (Å²) in [5.41, 5.74) is -20.6. The maximum atomic E-state index is 11.4. The molecule has 0 unspecified atom stereocenters. The Bertz CT molecular complexity index is 6900. The summed E-state index contributed by atoms with van der Waals surface area (Å²) in [6.45, 7) is 6.77. The number of hydrogen-bond acceptors (Lipinski definition) is 5. The van der Waals surface area contributed by atoms with Gasteiger partial charge in [0.15, 0.2) is 0 Å². The van der Waals surface area contributed by atoms with Gasteiger partial charge >= 0.3 is 0 Å². The first kappa shape index (κ1) is 22.3. The van der Waals surface area contributed by atoms with Gasteiger partial charge in [0.1, 0.15) is 0 Å². The van der Waals surface area contributed by atoms with E-state index in [0.29, 0.717) is 26.0 Å². The average Bonchev–Trinajstić information content (AvgIpc) is 1.64. The predicted molar refractivity (Wildman–Crippen MR) is 348 cm³/mol. The Balaban J connectivity index is 1.25. The number of fused-ring (bicyclic) bond motifs is 12. The average molecular weight is 1100 g/mol. The lowest BCUT2D eigenvalue weighted by Crippen LogP contribution is -2.61. The van der Waals surface area contributed by atoms with Crippen LogP contribution in [-0.2, 0) is 10.8 Å². The predicted octanol–water partition coefficient (Wildman–Crippen LogP) is 19.1. The van der Waals surface area contributed by atoms with E-state index in [1.807, 2.05) is 0 Å². The molecule has 0 N–H and O–H groups in total. The fraction of sp³-hybridized carbons (Fsp3) is 0.108. The third-order valence-electron chi connectivity index (χ3n) is 14.2. The van der Waals surface area contributed by atoms with E-state index in [4.69, 9.17) is 8.22 Å². The molecule has 0 spiro atoms. The van der Waals surface area contributed by atoms with Gasteiger partial charge in [-0.2, -0.15) is 0 Å². The van der Waals surface area contributed by atoms with Crippen molar-refractivity contribution in [2.24, 2.45) is 0 Å². The van der Waals surface area contributed by atoms with Gasteiger partial charge in [0.2, 0.25) is 0 Å². The molecular weight excluding hydrogens is 1000 g/mol. The van der Waals surface area contributed by atoms with Gasteiger partial charge in [0.25, 0.3) is 6.71 Å². The van der Waals surface area contributed by atoms with E-state index < -0.39 is 387 Å². The van der Waals surface area contributed by atoms with E-state index in [1.165, 1.54) is 41.5 Å². The Kier molecular flexibility index (Phi) is 4.85. The van der Waals surface area contributed by atoms with Crippen LogP contribution in [0.3, 0.4) is 0 Å². The minimum absolute atomic E-state index is 0.259. The number of benzene rings is 11. The summed E-state index contributed by atoms with van der Waals surface area (Å²) in [7, 11) is 0. The monoisotopic (exact) mass is 1100 g/mol. The zero-order chi connectivity index (χ0) is 89.3. The largest absolute Gasteiger partial charge is 0.311 e. The molecule has 0 saturated carbocycles. The standard InChI is InChI=1S/C74H58BN5S/c1-73(2,3)47-31-35-51(36-32-47)76(52-37-33-48(34-38-52)74(4,5)6)54-39-41-60-65(44-54)78(53-40-42-69-59(43-53)57-24-14-16-30-68(57)81-69)66-45-55(77(49-19-9-7-10-20-49)50-21-11-8-12-22-50)46-67-70(66)75(60)61-26-18-29-64-72(61)80(67)63-28-17-25-58-56-23-13-15-27-62(56)79(64)71(58)63/h7-46H,1-6H3/i7D,8D,9D,10D,11D,12D,13D,14D,15D,16D,17D,18D,19D,20D,21D,22D,23D,24D,25D,26D,27D,28D,29D,30D,31D,32D,33D,34D,35D,36D,37D,38D,39D,40D,41D,42D,43D,44D,45D,46D. The SMILES string of the molecule is [2H]c1c([2H])c([2H])c(N(c2c([2H])c([2H])c([2H])c([2H])c2[2H])c2c([2H])c3c4c(c2[2H])N2c5c(c([2H])c([2H])c([2H])c5-n5c6c([2H])c([2H])c([2H])c([2H])c6c6c([2H])c([2H])c([2H])c2c65)B4c2c([2H])c([2H])c(N(c4c([2H])c([2H])c(C(C)(C)C)c([2H])c4[2H])c4c([2H])c([2H])c(C(C)(C)C)c([2H])c4[2H])c([2H])c2N3c2c([2H])c([2H])c3sc4c([2H])c([2H])c([2H])c([2H])c4c3c2[2H])c([2H])c1[2H]. The van der Waals surface area contributed by atoms with Crippen molar-refractivity contribution in [1.29, 1.82) is 0 Å². The highest BCUT2D eigenvalue weighted by molar-refractivity contribution is 7.25. The molecule has 0 radical (unpaired) electrons. The topological polar surface area (TPSA) is 17.9 Å². The van der Waals surface area contributed by atoms with E-state index in [2.05, 4.69) is 0 Å². The number of rotatable bonds is 7. The highest BCUT2D eigenvalue weighted by atomic mass is 32.1. The summed E-state index contributed by atoms with van der Waals surface area (Å²) in [6, 6.07) is -43.4. The van der Waals surface area contributed by atoms with Gasteiger partial charge in [-0.15, -0.1) is 11.3 Å². The molecule has 0 atom stereocenters. The highest BCUT2D eigenvalue weighted by Gasteiger charge is 2.47. The van der Waals surface area contributed by atoms with Gasteiger partial charge in [0.05, 0.1) is 88.6 Å². The molecule has 388 valence electrons. The third-order valence-corrected chi connectivity index (χ3v) is 15.2. The van der Waals surface area contributed by atoms with Crippen molar-refractivity contribution >= 4 is 145 Å². The van der Waals surface area contributed by atoms with Crippen LogP contribution in [0.25, 0.3) is 47.7 Å². The molecule has 16 rings (SSSR count). The van der Waals surface area contributed by atoms with Crippen LogP contribution >= 0.6 is 11.3 Å². The van der Waals surface area contributed by atoms with E-state index in [1.54, 1.807) is 0 Å². The van der Waals surface area contributed by atoms with Crippen LogP contribution in [0.1, 0.15) is 107 Å². The Morgan fingerprint density at radius 3 is 1.59 bits per heavy atom. The molecule has 0 fully saturated rings. The summed E-state index contributed by atoms with van der Waals surface area (Å²) in [5.74, 6) is 0. The molecule has 0 aliphatic carbocycles. The minimum atomic E-state index is -2.46. The zero-order valence-electron chi connectivity index (χ0n) is 83.2. The molecule has 7 heteroatoms. The smallest absolute Gasteiger partial charge is 0.252 e. The Labute approximate surface area is 534 Å². The number of hydrogen-bond donors (Lipinski definition) is 0. The number of aromatic nitrogens is 1. The Hall–Kier alpha value is -9.30. The molecular formula is C74H58BN5S. The van der Waals surface area contributed by atoms with Crippen molar-refractivity contribution in [3.8, 4) is 5.69 Å². The molecule has 3 aliphatic rings. The lowest BCUT2D eigenvalue weighted by Gasteiger charge is -2.47. The van der Waals surface area contributed by atoms with Crippen molar-refractivity contribution in [1.82, 2.24) is 4.57 Å². The van der Waals surface area contributed by atoms with Gasteiger partial charge in [-0.05, 0) is 153 Å². The molecule has 11 aromatic carbocycles. The van der Waals surface area contributed by atoms with E-state index in [-0.39, 0.29) is 15.8 Å². The molecule has 0 bridgehead atoms. The molecule has 81 heavy (non-hydrogen) atoms. The number of nitrogens with zero attached hydrogens (tertiary/aromatic N) is 5. The Morgan fingerprint density at radius 2 is 0.914 bits per heavy atom. The van der Waals surface area contributed by atoms with Gasteiger partial charge in [-0.1, -0.05) is 168 Å². The van der Waals surface area contributed by atoms with Crippen LogP contribution in [0.4, 0.5) is 68.2 Å². The first-order chi connectivity index (χ1) is 56.2. The van der Waals surface area contributed by atoms with Crippen LogP contribution in [0.5, 0.6) is 0 Å². The molecule has 0 saturated heterocycles. The first-order valence-electron chi connectivity index (χ1n) is 45.1. The van der Waals surface area contributed by atoms with Crippen molar-refractivity contribution in [3.63, 3.8) is 0 Å². The molecule has 2 aromatic heterocycles. The molecule has 5 nitrogen and oxygen atoms in total. The molecule has 13 aromatic rings. The number of para-hydroxylation sites is 5. The lowest BCUT2D eigenvalue weighted by atomic mass is 9.33. The second-order valence-corrected chi connectivity index (χ2v) is 22.1. The third kappa shape index (κ3) is 7.24.